The SMILES string of the molecule is COc1ccc(-c2cc(-c3ccccc3F)c3cc(Cl)ccc3n2)cc1OC. The molecule has 1 aromatic heterocycles. The van der Waals surface area contributed by atoms with Gasteiger partial charge in [-0.05, 0) is 54.1 Å². The Hall–Kier alpha value is -3.11. The van der Waals surface area contributed by atoms with Gasteiger partial charge in [-0.25, -0.2) is 9.37 Å². The van der Waals surface area contributed by atoms with Crippen molar-refractivity contribution in [2.45, 2.75) is 0 Å². The van der Waals surface area contributed by atoms with E-state index >= 15 is 0 Å². The molecule has 0 spiro atoms. The molecule has 0 radical (unpaired) electrons. The largest absolute Gasteiger partial charge is 0.493 e. The lowest BCUT2D eigenvalue weighted by atomic mass is 9.98. The summed E-state index contributed by atoms with van der Waals surface area (Å²) in [4.78, 5) is 4.76. The van der Waals surface area contributed by atoms with Crippen molar-refractivity contribution in [3.05, 3.63) is 77.6 Å². The van der Waals surface area contributed by atoms with Crippen molar-refractivity contribution in [1.82, 2.24) is 4.98 Å². The lowest BCUT2D eigenvalue weighted by Gasteiger charge is -2.13. The summed E-state index contributed by atoms with van der Waals surface area (Å²) in [6.07, 6.45) is 0. The highest BCUT2D eigenvalue weighted by molar-refractivity contribution is 6.31. The minimum absolute atomic E-state index is 0.298. The van der Waals surface area contributed by atoms with Gasteiger partial charge < -0.3 is 9.47 Å². The predicted octanol–water partition coefficient (Wildman–Crippen LogP) is 6.38. The minimum Gasteiger partial charge on any atom is -0.493 e. The average Bonchev–Trinajstić information content (AvgIpc) is 2.73. The summed E-state index contributed by atoms with van der Waals surface area (Å²) in [5, 5.41) is 1.37. The Bertz CT molecular complexity index is 1180. The second-order valence-corrected chi connectivity index (χ2v) is 6.70. The zero-order valence-electron chi connectivity index (χ0n) is 15.4. The van der Waals surface area contributed by atoms with Gasteiger partial charge in [0.2, 0.25) is 0 Å². The van der Waals surface area contributed by atoms with E-state index in [1.54, 1.807) is 32.4 Å². The van der Waals surface area contributed by atoms with Gasteiger partial charge in [-0.1, -0.05) is 29.8 Å². The fourth-order valence-corrected chi connectivity index (χ4v) is 3.42. The first-order valence-corrected chi connectivity index (χ1v) is 9.06. The van der Waals surface area contributed by atoms with Crippen LogP contribution < -0.4 is 9.47 Å². The molecule has 0 aliphatic carbocycles. The van der Waals surface area contributed by atoms with E-state index in [0.29, 0.717) is 27.8 Å². The molecule has 0 amide bonds. The molecule has 0 unspecified atom stereocenters. The van der Waals surface area contributed by atoms with Crippen LogP contribution in [0, 0.1) is 5.82 Å². The van der Waals surface area contributed by atoms with Crippen LogP contribution in [0.4, 0.5) is 4.39 Å². The maximum absolute atomic E-state index is 14.6. The molecule has 140 valence electrons. The van der Waals surface area contributed by atoms with Crippen molar-refractivity contribution < 1.29 is 13.9 Å². The first-order valence-electron chi connectivity index (χ1n) is 8.68. The van der Waals surface area contributed by atoms with E-state index in [1.165, 1.54) is 6.07 Å². The first kappa shape index (κ1) is 18.3. The summed E-state index contributed by atoms with van der Waals surface area (Å²) in [6.45, 7) is 0. The van der Waals surface area contributed by atoms with Gasteiger partial charge in [-0.3, -0.25) is 0 Å². The van der Waals surface area contributed by atoms with Gasteiger partial charge in [-0.15, -0.1) is 0 Å². The van der Waals surface area contributed by atoms with Gasteiger partial charge in [0.15, 0.2) is 11.5 Å². The van der Waals surface area contributed by atoms with Crippen molar-refractivity contribution in [2.75, 3.05) is 14.2 Å². The Labute approximate surface area is 167 Å². The average molecular weight is 394 g/mol. The molecule has 1 heterocycles. The maximum Gasteiger partial charge on any atom is 0.161 e. The van der Waals surface area contributed by atoms with Gasteiger partial charge in [0.05, 0.1) is 25.4 Å². The van der Waals surface area contributed by atoms with E-state index in [4.69, 9.17) is 26.1 Å². The topological polar surface area (TPSA) is 31.4 Å². The van der Waals surface area contributed by atoms with E-state index in [-0.39, 0.29) is 5.82 Å². The lowest BCUT2D eigenvalue weighted by Crippen LogP contribution is -1.94. The molecule has 5 heteroatoms. The Morgan fingerprint density at radius 1 is 0.821 bits per heavy atom. The van der Waals surface area contributed by atoms with Crippen LogP contribution in [0.2, 0.25) is 5.02 Å². The zero-order valence-corrected chi connectivity index (χ0v) is 16.1. The molecule has 0 bridgehead atoms. The van der Waals surface area contributed by atoms with Crippen LogP contribution in [0.5, 0.6) is 11.5 Å². The van der Waals surface area contributed by atoms with Crippen molar-refractivity contribution >= 4 is 22.5 Å². The molecule has 0 saturated carbocycles. The minimum atomic E-state index is -0.298. The van der Waals surface area contributed by atoms with Crippen molar-refractivity contribution in [3.8, 4) is 33.9 Å². The fourth-order valence-electron chi connectivity index (χ4n) is 3.24. The van der Waals surface area contributed by atoms with Gasteiger partial charge >= 0.3 is 0 Å². The molecule has 3 aromatic carbocycles. The zero-order chi connectivity index (χ0) is 19.7. The number of rotatable bonds is 4. The summed E-state index contributed by atoms with van der Waals surface area (Å²) in [5.74, 6) is 0.937. The number of hydrogen-bond acceptors (Lipinski definition) is 3. The number of halogens is 2. The highest BCUT2D eigenvalue weighted by Crippen LogP contribution is 2.37. The van der Waals surface area contributed by atoms with Gasteiger partial charge in [0.1, 0.15) is 5.82 Å². The molecule has 28 heavy (non-hydrogen) atoms. The highest BCUT2D eigenvalue weighted by Gasteiger charge is 2.14. The highest BCUT2D eigenvalue weighted by atomic mass is 35.5. The molecule has 0 aliphatic rings. The third kappa shape index (κ3) is 3.27. The second-order valence-electron chi connectivity index (χ2n) is 6.27. The van der Waals surface area contributed by atoms with Crippen molar-refractivity contribution in [1.29, 1.82) is 0 Å². The molecule has 0 fully saturated rings. The van der Waals surface area contributed by atoms with E-state index < -0.39 is 0 Å². The molecule has 0 N–H and O–H groups in total. The number of ether oxygens (including phenoxy) is 2. The van der Waals surface area contributed by atoms with Crippen molar-refractivity contribution in [2.24, 2.45) is 0 Å². The summed E-state index contributed by atoms with van der Waals surface area (Å²) < 4.78 is 25.3. The van der Waals surface area contributed by atoms with Crippen LogP contribution >= 0.6 is 11.6 Å². The van der Waals surface area contributed by atoms with E-state index in [2.05, 4.69) is 0 Å². The number of methoxy groups -OCH3 is 2. The number of benzene rings is 3. The maximum atomic E-state index is 14.6. The van der Waals surface area contributed by atoms with Crippen LogP contribution in [0.25, 0.3) is 33.3 Å². The molecular weight excluding hydrogens is 377 g/mol. The Morgan fingerprint density at radius 2 is 1.61 bits per heavy atom. The smallest absolute Gasteiger partial charge is 0.161 e. The molecule has 0 atom stereocenters. The quantitative estimate of drug-likeness (QED) is 0.403. The Balaban J connectivity index is 1.99. The predicted molar refractivity (Wildman–Crippen MR) is 111 cm³/mol. The monoisotopic (exact) mass is 393 g/mol. The summed E-state index contributed by atoms with van der Waals surface area (Å²) in [7, 11) is 3.17. The third-order valence-corrected chi connectivity index (χ3v) is 4.85. The van der Waals surface area contributed by atoms with Gasteiger partial charge in [0, 0.05) is 21.5 Å². The number of hydrogen-bond donors (Lipinski definition) is 0. The molecule has 0 saturated heterocycles. The number of fused-ring (bicyclic) bond motifs is 1. The van der Waals surface area contributed by atoms with Gasteiger partial charge in [-0.2, -0.15) is 0 Å². The third-order valence-electron chi connectivity index (χ3n) is 4.61. The van der Waals surface area contributed by atoms with E-state index in [9.17, 15) is 4.39 Å². The van der Waals surface area contributed by atoms with Crippen LogP contribution in [0.1, 0.15) is 0 Å². The van der Waals surface area contributed by atoms with Crippen LogP contribution in [-0.4, -0.2) is 19.2 Å². The molecule has 4 rings (SSSR count). The molecule has 4 aromatic rings. The lowest BCUT2D eigenvalue weighted by molar-refractivity contribution is 0.355. The van der Waals surface area contributed by atoms with E-state index in [0.717, 1.165) is 22.0 Å². The summed E-state index contributed by atoms with van der Waals surface area (Å²) in [6, 6.07) is 19.6. The van der Waals surface area contributed by atoms with Gasteiger partial charge in [0.25, 0.3) is 0 Å². The Kier molecular flexibility index (Phi) is 4.88. The van der Waals surface area contributed by atoms with Crippen LogP contribution in [-0.2, 0) is 0 Å². The molecule has 0 aliphatic heterocycles. The number of pyridine rings is 1. The normalized spacial score (nSPS) is 10.9. The molecular formula is C23H17ClFNO2. The first-order chi connectivity index (χ1) is 13.6. The Morgan fingerprint density at radius 3 is 2.36 bits per heavy atom. The summed E-state index contributed by atoms with van der Waals surface area (Å²) in [5.41, 5.74) is 3.50. The number of aromatic nitrogens is 1. The van der Waals surface area contributed by atoms with Crippen LogP contribution in [0.3, 0.4) is 0 Å². The summed E-state index contributed by atoms with van der Waals surface area (Å²) >= 11 is 6.20. The number of nitrogens with zero attached hydrogens (tertiary/aromatic N) is 1. The standard InChI is InChI=1S/C23H17ClFNO2/c1-27-22-10-7-14(11-23(22)28-2)21-13-17(16-5-3-4-6-19(16)25)18-12-15(24)8-9-20(18)26-21/h3-13H,1-2H3. The second kappa shape index (κ2) is 7.49. The molecule has 3 nitrogen and oxygen atoms in total. The van der Waals surface area contributed by atoms with E-state index in [1.807, 2.05) is 42.5 Å². The fraction of sp³-hybridized carbons (Fsp3) is 0.0870. The van der Waals surface area contributed by atoms with Crippen LogP contribution in [0.15, 0.2) is 66.7 Å². The van der Waals surface area contributed by atoms with Crippen molar-refractivity contribution in [3.63, 3.8) is 0 Å².